The first-order valence-corrected chi connectivity index (χ1v) is 7.50. The summed E-state index contributed by atoms with van der Waals surface area (Å²) in [6.45, 7) is 1.55. The second kappa shape index (κ2) is 5.62. The van der Waals surface area contributed by atoms with Crippen molar-refractivity contribution in [1.29, 1.82) is 0 Å². The molecule has 1 heterocycles. The summed E-state index contributed by atoms with van der Waals surface area (Å²) in [4.78, 5) is 14.0. The largest absolute Gasteiger partial charge is 0.396 e. The molecule has 0 radical (unpaired) electrons. The van der Waals surface area contributed by atoms with Crippen LogP contribution in [0.15, 0.2) is 18.2 Å². The van der Waals surface area contributed by atoms with Gasteiger partial charge in [0.2, 0.25) is 0 Å². The van der Waals surface area contributed by atoms with E-state index in [1.54, 1.807) is 4.90 Å². The van der Waals surface area contributed by atoms with E-state index in [0.717, 1.165) is 30.8 Å². The zero-order chi connectivity index (χ0) is 14.1. The first-order valence-electron chi connectivity index (χ1n) is 7.12. The molecule has 1 aliphatic carbocycles. The molecule has 1 saturated heterocycles. The average Bonchev–Trinajstić information content (AvgIpc) is 3.05. The van der Waals surface area contributed by atoms with Gasteiger partial charge in [-0.1, -0.05) is 17.7 Å². The van der Waals surface area contributed by atoms with E-state index in [9.17, 15) is 4.79 Å². The molecule has 2 atom stereocenters. The van der Waals surface area contributed by atoms with Gasteiger partial charge in [-0.25, -0.2) is 4.79 Å². The Morgan fingerprint density at radius 2 is 2.30 bits per heavy atom. The van der Waals surface area contributed by atoms with Crippen LogP contribution in [0.3, 0.4) is 0 Å². The first-order chi connectivity index (χ1) is 9.67. The molecule has 2 unspecified atom stereocenters. The quantitative estimate of drug-likeness (QED) is 0.880. The van der Waals surface area contributed by atoms with E-state index in [0.29, 0.717) is 6.54 Å². The fourth-order valence-electron chi connectivity index (χ4n) is 3.14. The second-order valence-corrected chi connectivity index (χ2v) is 6.10. The van der Waals surface area contributed by atoms with Crippen LogP contribution in [0.25, 0.3) is 0 Å². The fourth-order valence-corrected chi connectivity index (χ4v) is 3.34. The molecule has 3 rings (SSSR count). The summed E-state index contributed by atoms with van der Waals surface area (Å²) in [6, 6.07) is 5.94. The van der Waals surface area contributed by atoms with E-state index in [1.807, 2.05) is 18.2 Å². The number of carbonyl (C=O) groups is 1. The van der Waals surface area contributed by atoms with E-state index in [4.69, 9.17) is 16.7 Å². The predicted octanol–water partition coefficient (Wildman–Crippen LogP) is 2.35. The summed E-state index contributed by atoms with van der Waals surface area (Å²) in [5.74, 6) is 0.232. The van der Waals surface area contributed by atoms with E-state index in [-0.39, 0.29) is 24.6 Å². The zero-order valence-corrected chi connectivity index (χ0v) is 12.1. The number of benzene rings is 1. The third-order valence-corrected chi connectivity index (χ3v) is 4.55. The molecular formula is C15H19ClN2O2. The minimum Gasteiger partial charge on any atom is -0.396 e. The molecule has 1 aromatic carbocycles. The van der Waals surface area contributed by atoms with E-state index >= 15 is 0 Å². The fraction of sp³-hybridized carbons (Fsp3) is 0.533. The number of urea groups is 1. The van der Waals surface area contributed by atoms with Crippen molar-refractivity contribution in [3.05, 3.63) is 34.3 Å². The Morgan fingerprint density at radius 1 is 1.45 bits per heavy atom. The standard InChI is InChI=1S/C15H19ClN2O2/c16-12-2-3-13-11(7-12)1-4-14(13)17-15(20)18-6-5-10(8-18)9-19/h2-3,7,10,14,19H,1,4-6,8-9H2,(H,17,20). The van der Waals surface area contributed by atoms with Gasteiger partial charge in [0, 0.05) is 30.6 Å². The smallest absolute Gasteiger partial charge is 0.317 e. The number of likely N-dealkylation sites (tertiary alicyclic amines) is 1. The van der Waals surface area contributed by atoms with Crippen LogP contribution in [0.4, 0.5) is 4.79 Å². The van der Waals surface area contributed by atoms with Gasteiger partial charge in [0.15, 0.2) is 0 Å². The van der Waals surface area contributed by atoms with Gasteiger partial charge in [-0.3, -0.25) is 0 Å². The van der Waals surface area contributed by atoms with Gasteiger partial charge in [-0.2, -0.15) is 0 Å². The number of rotatable bonds is 2. The molecule has 108 valence electrons. The molecule has 0 aromatic heterocycles. The maximum absolute atomic E-state index is 12.2. The van der Waals surface area contributed by atoms with Gasteiger partial charge >= 0.3 is 6.03 Å². The minimum atomic E-state index is -0.0197. The van der Waals surface area contributed by atoms with Gasteiger partial charge in [-0.05, 0) is 42.5 Å². The van der Waals surface area contributed by atoms with Crippen LogP contribution in [-0.2, 0) is 6.42 Å². The molecule has 1 aliphatic heterocycles. The molecule has 0 spiro atoms. The number of aryl methyl sites for hydroxylation is 1. The third kappa shape index (κ3) is 2.63. The number of aliphatic hydroxyl groups is 1. The molecule has 5 heteroatoms. The maximum Gasteiger partial charge on any atom is 0.317 e. The van der Waals surface area contributed by atoms with Crippen molar-refractivity contribution < 1.29 is 9.90 Å². The van der Waals surface area contributed by atoms with Crippen LogP contribution < -0.4 is 5.32 Å². The Labute approximate surface area is 123 Å². The van der Waals surface area contributed by atoms with E-state index in [1.165, 1.54) is 11.1 Å². The number of amides is 2. The lowest BCUT2D eigenvalue weighted by Crippen LogP contribution is -2.40. The van der Waals surface area contributed by atoms with Gasteiger partial charge in [0.25, 0.3) is 0 Å². The van der Waals surface area contributed by atoms with Crippen LogP contribution in [0.2, 0.25) is 5.02 Å². The van der Waals surface area contributed by atoms with Crippen molar-refractivity contribution in [3.63, 3.8) is 0 Å². The summed E-state index contributed by atoms with van der Waals surface area (Å²) < 4.78 is 0. The summed E-state index contributed by atoms with van der Waals surface area (Å²) >= 11 is 5.99. The monoisotopic (exact) mass is 294 g/mol. The molecule has 1 fully saturated rings. The number of nitrogens with one attached hydrogen (secondary N) is 1. The Morgan fingerprint density at radius 3 is 3.05 bits per heavy atom. The van der Waals surface area contributed by atoms with Crippen molar-refractivity contribution in [1.82, 2.24) is 10.2 Å². The van der Waals surface area contributed by atoms with Crippen LogP contribution in [0.5, 0.6) is 0 Å². The van der Waals surface area contributed by atoms with E-state index < -0.39 is 0 Å². The topological polar surface area (TPSA) is 52.6 Å². The number of hydrogen-bond donors (Lipinski definition) is 2. The van der Waals surface area contributed by atoms with Crippen LogP contribution in [-0.4, -0.2) is 35.7 Å². The third-order valence-electron chi connectivity index (χ3n) is 4.31. The molecule has 2 amide bonds. The molecule has 4 nitrogen and oxygen atoms in total. The van der Waals surface area contributed by atoms with Crippen LogP contribution in [0.1, 0.15) is 30.0 Å². The predicted molar refractivity (Wildman–Crippen MR) is 77.8 cm³/mol. The van der Waals surface area contributed by atoms with E-state index in [2.05, 4.69) is 5.32 Å². The average molecular weight is 295 g/mol. The maximum atomic E-state index is 12.2. The lowest BCUT2D eigenvalue weighted by molar-refractivity contribution is 0.195. The number of carbonyl (C=O) groups excluding carboxylic acids is 1. The highest BCUT2D eigenvalue weighted by atomic mass is 35.5. The SMILES string of the molecule is O=C(NC1CCc2cc(Cl)ccc21)N1CCC(CO)C1. The number of aliphatic hydroxyl groups excluding tert-OH is 1. The normalized spacial score (nSPS) is 24.8. The molecule has 0 bridgehead atoms. The number of halogens is 1. The van der Waals surface area contributed by atoms with Gasteiger partial charge in [0.1, 0.15) is 0 Å². The van der Waals surface area contributed by atoms with Crippen molar-refractivity contribution in [2.75, 3.05) is 19.7 Å². The Kier molecular flexibility index (Phi) is 3.85. The van der Waals surface area contributed by atoms with Crippen molar-refractivity contribution in [2.45, 2.75) is 25.3 Å². The Bertz CT molecular complexity index is 521. The first kappa shape index (κ1) is 13.7. The van der Waals surface area contributed by atoms with Crippen LogP contribution in [0, 0.1) is 5.92 Å². The van der Waals surface area contributed by atoms with Crippen molar-refractivity contribution >= 4 is 17.6 Å². The van der Waals surface area contributed by atoms with Crippen molar-refractivity contribution in [2.24, 2.45) is 5.92 Å². The van der Waals surface area contributed by atoms with Crippen molar-refractivity contribution in [3.8, 4) is 0 Å². The van der Waals surface area contributed by atoms with Gasteiger partial charge in [0.05, 0.1) is 6.04 Å². The Hall–Kier alpha value is -1.26. The highest BCUT2D eigenvalue weighted by molar-refractivity contribution is 6.30. The Balaban J connectivity index is 1.64. The lowest BCUT2D eigenvalue weighted by Gasteiger charge is -2.21. The second-order valence-electron chi connectivity index (χ2n) is 5.67. The number of fused-ring (bicyclic) bond motifs is 1. The molecular weight excluding hydrogens is 276 g/mol. The summed E-state index contributed by atoms with van der Waals surface area (Å²) in [6.07, 6.45) is 2.78. The van der Waals surface area contributed by atoms with Crippen LogP contribution >= 0.6 is 11.6 Å². The lowest BCUT2D eigenvalue weighted by atomic mass is 10.1. The highest BCUT2D eigenvalue weighted by Gasteiger charge is 2.29. The van der Waals surface area contributed by atoms with Gasteiger partial charge in [-0.15, -0.1) is 0 Å². The summed E-state index contributed by atoms with van der Waals surface area (Å²) in [7, 11) is 0. The highest BCUT2D eigenvalue weighted by Crippen LogP contribution is 2.33. The number of nitrogens with zero attached hydrogens (tertiary/aromatic N) is 1. The van der Waals surface area contributed by atoms with Gasteiger partial charge < -0.3 is 15.3 Å². The molecule has 2 aliphatic rings. The molecule has 20 heavy (non-hydrogen) atoms. The molecule has 2 N–H and O–H groups in total. The molecule has 1 aromatic rings. The number of hydrogen-bond acceptors (Lipinski definition) is 2. The summed E-state index contributed by atoms with van der Waals surface area (Å²) in [5.41, 5.74) is 2.41. The summed E-state index contributed by atoms with van der Waals surface area (Å²) in [5, 5.41) is 13.0. The zero-order valence-electron chi connectivity index (χ0n) is 11.3. The molecule has 0 saturated carbocycles. The minimum absolute atomic E-state index is 0.0197.